The number of benzene rings is 1. The molecule has 0 bridgehead atoms. The van der Waals surface area contributed by atoms with Crippen molar-refractivity contribution in [2.75, 3.05) is 0 Å². The van der Waals surface area contributed by atoms with Crippen LogP contribution >= 0.6 is 39.1 Å². The van der Waals surface area contributed by atoms with Gasteiger partial charge in [0.15, 0.2) is 5.75 Å². The van der Waals surface area contributed by atoms with Gasteiger partial charge in [0.05, 0.1) is 16.5 Å². The molecule has 0 aliphatic carbocycles. The van der Waals surface area contributed by atoms with Crippen LogP contribution in [-0.4, -0.2) is 5.97 Å². The molecule has 0 heterocycles. The fourth-order valence-electron chi connectivity index (χ4n) is 1.03. The first-order chi connectivity index (χ1) is 7.54. The summed E-state index contributed by atoms with van der Waals surface area (Å²) in [6.07, 6.45) is 3.02. The number of esters is 1. The molecule has 0 fully saturated rings. The lowest BCUT2D eigenvalue weighted by Gasteiger charge is -2.08. The van der Waals surface area contributed by atoms with Gasteiger partial charge in [-0.15, -0.1) is 0 Å². The minimum absolute atomic E-state index is 0.198. The number of rotatable bonds is 4. The Bertz CT molecular complexity index is 371. The van der Waals surface area contributed by atoms with Gasteiger partial charge in [-0.1, -0.05) is 52.5 Å². The average Bonchev–Trinajstić information content (AvgIpc) is 2.20. The average molecular weight is 325 g/mol. The molecule has 5 heteroatoms. The fourth-order valence-corrected chi connectivity index (χ4v) is 2.32. The lowest BCUT2D eigenvalue weighted by Crippen LogP contribution is -2.08. The summed E-state index contributed by atoms with van der Waals surface area (Å²) in [7, 11) is 0. The molecule has 0 aliphatic rings. The first-order valence-electron chi connectivity index (χ1n) is 4.74. The highest BCUT2D eigenvalue weighted by Gasteiger charge is 2.13. The third-order valence-electron chi connectivity index (χ3n) is 1.77. The lowest BCUT2D eigenvalue weighted by atomic mass is 10.2. The van der Waals surface area contributed by atoms with Crippen molar-refractivity contribution >= 4 is 45.1 Å². The van der Waals surface area contributed by atoms with Crippen LogP contribution in [0, 0.1) is 6.42 Å². The second kappa shape index (κ2) is 6.48. The third-order valence-corrected chi connectivity index (χ3v) is 2.78. The zero-order valence-electron chi connectivity index (χ0n) is 8.60. The van der Waals surface area contributed by atoms with Gasteiger partial charge in [-0.05, 0) is 18.6 Å². The maximum absolute atomic E-state index is 11.4. The Morgan fingerprint density at radius 2 is 2.00 bits per heavy atom. The van der Waals surface area contributed by atoms with Crippen LogP contribution in [0.25, 0.3) is 0 Å². The molecule has 0 aromatic heterocycles. The van der Waals surface area contributed by atoms with E-state index in [9.17, 15) is 4.79 Å². The molecule has 0 aliphatic heterocycles. The van der Waals surface area contributed by atoms with Crippen molar-refractivity contribution in [1.29, 1.82) is 0 Å². The normalized spacial score (nSPS) is 10.2. The molecule has 1 radical (unpaired) electrons. The molecule has 0 unspecified atom stereocenters. The molecule has 0 saturated carbocycles. The summed E-state index contributed by atoms with van der Waals surface area (Å²) >= 11 is 15.1. The quantitative estimate of drug-likeness (QED) is 0.594. The molecule has 0 spiro atoms. The summed E-state index contributed by atoms with van der Waals surface area (Å²) in [6, 6.07) is 3.24. The summed E-state index contributed by atoms with van der Waals surface area (Å²) in [4.78, 5) is 11.4. The molecule has 87 valence electrons. The smallest absolute Gasteiger partial charge is 0.315 e. The van der Waals surface area contributed by atoms with E-state index in [2.05, 4.69) is 15.9 Å². The number of hydrogen-bond donors (Lipinski definition) is 0. The molecule has 1 aromatic rings. The van der Waals surface area contributed by atoms with Crippen molar-refractivity contribution in [2.45, 2.75) is 19.8 Å². The monoisotopic (exact) mass is 323 g/mol. The second-order valence-corrected chi connectivity index (χ2v) is 4.84. The summed E-state index contributed by atoms with van der Waals surface area (Å²) in [6.45, 7) is 1.98. The van der Waals surface area contributed by atoms with E-state index < -0.39 is 5.97 Å². The van der Waals surface area contributed by atoms with Gasteiger partial charge in [-0.3, -0.25) is 4.79 Å². The third kappa shape index (κ3) is 3.96. The Morgan fingerprint density at radius 3 is 2.50 bits per heavy atom. The number of ether oxygens (including phenoxy) is 1. The van der Waals surface area contributed by atoms with E-state index in [0.29, 0.717) is 16.5 Å². The SMILES string of the molecule is CCC[CH]C(=O)Oc1c(Cl)cc(Br)cc1Cl. The Hall–Kier alpha value is -0.250. The molecule has 1 rings (SSSR count). The molecule has 16 heavy (non-hydrogen) atoms. The van der Waals surface area contributed by atoms with Crippen LogP contribution in [-0.2, 0) is 4.79 Å². The van der Waals surface area contributed by atoms with Crippen LogP contribution in [0.1, 0.15) is 19.8 Å². The van der Waals surface area contributed by atoms with E-state index in [4.69, 9.17) is 27.9 Å². The van der Waals surface area contributed by atoms with Crippen LogP contribution in [0.3, 0.4) is 0 Å². The maximum atomic E-state index is 11.4. The number of hydrogen-bond acceptors (Lipinski definition) is 2. The first-order valence-corrected chi connectivity index (χ1v) is 6.29. The number of carbonyl (C=O) groups is 1. The number of carbonyl (C=O) groups excluding carboxylic acids is 1. The van der Waals surface area contributed by atoms with Crippen molar-refractivity contribution in [2.24, 2.45) is 0 Å². The highest BCUT2D eigenvalue weighted by molar-refractivity contribution is 9.10. The van der Waals surface area contributed by atoms with Gasteiger partial charge in [0.1, 0.15) is 0 Å². The standard InChI is InChI=1S/C11H10BrCl2O2/c1-2-3-4-10(15)16-11-8(13)5-7(12)6-9(11)14/h4-6H,2-3H2,1H3. The minimum Gasteiger partial charge on any atom is -0.423 e. The molecule has 0 saturated heterocycles. The van der Waals surface area contributed by atoms with Gasteiger partial charge >= 0.3 is 5.97 Å². The van der Waals surface area contributed by atoms with Crippen molar-refractivity contribution in [3.05, 3.63) is 33.1 Å². The largest absolute Gasteiger partial charge is 0.423 e. The molecule has 0 N–H and O–H groups in total. The topological polar surface area (TPSA) is 26.3 Å². The van der Waals surface area contributed by atoms with Crippen LogP contribution in [0.2, 0.25) is 10.0 Å². The Balaban J connectivity index is 2.77. The van der Waals surface area contributed by atoms with E-state index >= 15 is 0 Å². The zero-order chi connectivity index (χ0) is 12.1. The first kappa shape index (κ1) is 13.8. The maximum Gasteiger partial charge on any atom is 0.315 e. The van der Waals surface area contributed by atoms with E-state index in [1.807, 2.05) is 6.92 Å². The summed E-state index contributed by atoms with van der Waals surface area (Å²) in [5, 5.41) is 0.607. The second-order valence-electron chi connectivity index (χ2n) is 3.11. The van der Waals surface area contributed by atoms with Gasteiger partial charge in [-0.25, -0.2) is 0 Å². The molecular weight excluding hydrogens is 315 g/mol. The van der Waals surface area contributed by atoms with E-state index in [-0.39, 0.29) is 5.75 Å². The van der Waals surface area contributed by atoms with Gasteiger partial charge in [-0.2, -0.15) is 0 Å². The number of unbranched alkanes of at least 4 members (excludes halogenated alkanes) is 1. The van der Waals surface area contributed by atoms with Crippen LogP contribution < -0.4 is 4.74 Å². The predicted molar refractivity (Wildman–Crippen MR) is 69.0 cm³/mol. The van der Waals surface area contributed by atoms with Crippen LogP contribution in [0.15, 0.2) is 16.6 Å². The van der Waals surface area contributed by atoms with E-state index in [1.165, 1.54) is 6.42 Å². The van der Waals surface area contributed by atoms with Gasteiger partial charge < -0.3 is 4.74 Å². The van der Waals surface area contributed by atoms with Gasteiger partial charge in [0.2, 0.25) is 0 Å². The van der Waals surface area contributed by atoms with Gasteiger partial charge in [0.25, 0.3) is 0 Å². The predicted octanol–water partition coefficient (Wildman–Crippen LogP) is 4.67. The van der Waals surface area contributed by atoms with Gasteiger partial charge in [0, 0.05) is 4.47 Å². The fraction of sp³-hybridized carbons (Fsp3) is 0.273. The molecular formula is C11H10BrCl2O2. The molecule has 0 amide bonds. The molecule has 0 atom stereocenters. The molecule has 1 aromatic carbocycles. The number of halogens is 3. The van der Waals surface area contributed by atoms with Crippen molar-refractivity contribution in [1.82, 2.24) is 0 Å². The summed E-state index contributed by atoms with van der Waals surface area (Å²) in [5.41, 5.74) is 0. The van der Waals surface area contributed by atoms with E-state index in [0.717, 1.165) is 10.9 Å². The van der Waals surface area contributed by atoms with Crippen LogP contribution in [0.5, 0.6) is 5.75 Å². The zero-order valence-corrected chi connectivity index (χ0v) is 11.7. The van der Waals surface area contributed by atoms with Crippen molar-refractivity contribution in [3.63, 3.8) is 0 Å². The Labute approximate surface area is 113 Å². The van der Waals surface area contributed by atoms with Crippen molar-refractivity contribution in [3.8, 4) is 5.75 Å². The summed E-state index contributed by atoms with van der Waals surface area (Å²) < 4.78 is 5.79. The summed E-state index contributed by atoms with van der Waals surface area (Å²) in [5.74, 6) is -0.239. The lowest BCUT2D eigenvalue weighted by molar-refractivity contribution is -0.130. The Kier molecular flexibility index (Phi) is 5.59. The highest BCUT2D eigenvalue weighted by atomic mass is 79.9. The minimum atomic E-state index is -0.437. The van der Waals surface area contributed by atoms with Crippen molar-refractivity contribution < 1.29 is 9.53 Å². The molecule has 2 nitrogen and oxygen atoms in total. The van der Waals surface area contributed by atoms with Crippen LogP contribution in [0.4, 0.5) is 0 Å². The highest BCUT2D eigenvalue weighted by Crippen LogP contribution is 2.36. The Morgan fingerprint density at radius 1 is 1.44 bits per heavy atom. The van der Waals surface area contributed by atoms with E-state index in [1.54, 1.807) is 12.1 Å².